The zero-order valence-corrected chi connectivity index (χ0v) is 9.70. The first-order chi connectivity index (χ1) is 7.02. The number of benzene rings is 1. The highest BCUT2D eigenvalue weighted by atomic mass is 35.5. The molecule has 0 atom stereocenters. The molecule has 0 saturated heterocycles. The zero-order valence-electron chi connectivity index (χ0n) is 8.94. The maximum atomic E-state index is 12.0. The van der Waals surface area contributed by atoms with Crippen LogP contribution in [0.1, 0.15) is 16.8 Å². The van der Waals surface area contributed by atoms with Gasteiger partial charge in [-0.25, -0.2) is 0 Å². The van der Waals surface area contributed by atoms with Gasteiger partial charge < -0.3 is 4.98 Å². The molecule has 0 radical (unpaired) electrons. The third kappa shape index (κ3) is 1.45. The lowest BCUT2D eigenvalue weighted by Gasteiger charge is -2.07. The molecule has 0 unspecified atom stereocenters. The highest BCUT2D eigenvalue weighted by Crippen LogP contribution is 2.20. The van der Waals surface area contributed by atoms with Crippen LogP contribution in [0.5, 0.6) is 0 Å². The first-order valence-electron chi connectivity index (χ1n) is 4.80. The molecular weight excluding hydrogens is 210 g/mol. The molecule has 78 valence electrons. The van der Waals surface area contributed by atoms with Crippen molar-refractivity contribution in [3.63, 3.8) is 0 Å². The number of rotatable bonds is 0. The van der Waals surface area contributed by atoms with Crippen LogP contribution in [0.15, 0.2) is 16.9 Å². The Balaban J connectivity index is 3.12. The molecule has 0 fully saturated rings. The van der Waals surface area contributed by atoms with Crippen molar-refractivity contribution < 1.29 is 0 Å². The van der Waals surface area contributed by atoms with Gasteiger partial charge in [-0.15, -0.1) is 0 Å². The number of H-pyrrole nitrogens is 1. The zero-order chi connectivity index (χ0) is 11.2. The van der Waals surface area contributed by atoms with Crippen LogP contribution in [0.4, 0.5) is 0 Å². The van der Waals surface area contributed by atoms with Gasteiger partial charge in [0.25, 0.3) is 0 Å². The minimum atomic E-state index is -0.0795. The van der Waals surface area contributed by atoms with E-state index >= 15 is 0 Å². The number of nitrogens with one attached hydrogen (secondary N) is 1. The Morgan fingerprint density at radius 3 is 2.40 bits per heavy atom. The van der Waals surface area contributed by atoms with Crippen molar-refractivity contribution in [3.05, 3.63) is 44.2 Å². The second-order valence-corrected chi connectivity index (χ2v) is 4.22. The average molecular weight is 222 g/mol. The molecule has 0 aliphatic carbocycles. The fraction of sp³-hybridized carbons (Fsp3) is 0.250. The summed E-state index contributed by atoms with van der Waals surface area (Å²) in [4.78, 5) is 15.1. The highest BCUT2D eigenvalue weighted by molar-refractivity contribution is 6.31. The normalized spacial score (nSPS) is 10.9. The Morgan fingerprint density at radius 1 is 1.13 bits per heavy atom. The maximum absolute atomic E-state index is 12.0. The van der Waals surface area contributed by atoms with Gasteiger partial charge in [0.2, 0.25) is 5.43 Å². The fourth-order valence-electron chi connectivity index (χ4n) is 1.79. The standard InChI is InChI=1S/C12H12ClNO/c1-6-4-5-7(2)11-9(6)12(15)10(13)8(3)14-11/h4-5H,1-3H3,(H,14,15). The number of aromatic nitrogens is 1. The summed E-state index contributed by atoms with van der Waals surface area (Å²) < 4.78 is 0. The van der Waals surface area contributed by atoms with Gasteiger partial charge in [-0.1, -0.05) is 23.7 Å². The van der Waals surface area contributed by atoms with Crippen molar-refractivity contribution in [2.24, 2.45) is 0 Å². The predicted molar refractivity (Wildman–Crippen MR) is 63.8 cm³/mol. The molecule has 1 aromatic carbocycles. The number of hydrogen-bond donors (Lipinski definition) is 1. The highest BCUT2D eigenvalue weighted by Gasteiger charge is 2.10. The second kappa shape index (κ2) is 3.38. The summed E-state index contributed by atoms with van der Waals surface area (Å²) in [5.74, 6) is 0. The van der Waals surface area contributed by atoms with E-state index in [1.165, 1.54) is 0 Å². The number of halogens is 1. The number of hydrogen-bond acceptors (Lipinski definition) is 1. The molecule has 15 heavy (non-hydrogen) atoms. The van der Waals surface area contributed by atoms with E-state index in [1.54, 1.807) is 0 Å². The van der Waals surface area contributed by atoms with Gasteiger partial charge in [-0.3, -0.25) is 4.79 Å². The summed E-state index contributed by atoms with van der Waals surface area (Å²) in [6.45, 7) is 5.71. The molecule has 1 heterocycles. The molecule has 0 spiro atoms. The summed E-state index contributed by atoms with van der Waals surface area (Å²) >= 11 is 5.94. The van der Waals surface area contributed by atoms with Crippen LogP contribution in [0.3, 0.4) is 0 Å². The monoisotopic (exact) mass is 221 g/mol. The van der Waals surface area contributed by atoms with Crippen LogP contribution >= 0.6 is 11.6 Å². The Morgan fingerprint density at radius 2 is 1.73 bits per heavy atom. The molecule has 1 aromatic heterocycles. The van der Waals surface area contributed by atoms with Crippen molar-refractivity contribution in [1.29, 1.82) is 0 Å². The van der Waals surface area contributed by atoms with Crippen molar-refractivity contribution in [2.45, 2.75) is 20.8 Å². The molecule has 0 bridgehead atoms. The lowest BCUT2D eigenvalue weighted by atomic mass is 10.0. The molecule has 2 rings (SSSR count). The predicted octanol–water partition coefficient (Wildman–Crippen LogP) is 3.11. The van der Waals surface area contributed by atoms with Crippen LogP contribution in [-0.2, 0) is 0 Å². The van der Waals surface area contributed by atoms with Crippen LogP contribution in [0.25, 0.3) is 10.9 Å². The van der Waals surface area contributed by atoms with Crippen LogP contribution in [0.2, 0.25) is 5.02 Å². The minimum absolute atomic E-state index is 0.0795. The first-order valence-corrected chi connectivity index (χ1v) is 5.18. The number of aryl methyl sites for hydroxylation is 3. The lowest BCUT2D eigenvalue weighted by molar-refractivity contribution is 1.22. The summed E-state index contributed by atoms with van der Waals surface area (Å²) in [5, 5.41) is 0.988. The Kier molecular flexibility index (Phi) is 2.31. The van der Waals surface area contributed by atoms with Gasteiger partial charge in [0, 0.05) is 5.69 Å². The number of aromatic amines is 1. The third-order valence-corrected chi connectivity index (χ3v) is 3.15. The number of fused-ring (bicyclic) bond motifs is 1. The van der Waals surface area contributed by atoms with E-state index in [4.69, 9.17) is 11.6 Å². The summed E-state index contributed by atoms with van der Waals surface area (Å²) in [6, 6.07) is 3.94. The van der Waals surface area contributed by atoms with E-state index in [0.29, 0.717) is 5.39 Å². The molecule has 2 aromatic rings. The Bertz CT molecular complexity index is 599. The quantitative estimate of drug-likeness (QED) is 0.729. The van der Waals surface area contributed by atoms with Crippen LogP contribution in [-0.4, -0.2) is 4.98 Å². The van der Waals surface area contributed by atoms with Gasteiger partial charge in [0.05, 0.1) is 10.9 Å². The van der Waals surface area contributed by atoms with E-state index in [1.807, 2.05) is 32.9 Å². The molecular formula is C12H12ClNO. The second-order valence-electron chi connectivity index (χ2n) is 3.84. The van der Waals surface area contributed by atoms with Crippen molar-refractivity contribution in [2.75, 3.05) is 0 Å². The van der Waals surface area contributed by atoms with Crippen molar-refractivity contribution >= 4 is 22.5 Å². The minimum Gasteiger partial charge on any atom is -0.357 e. The van der Waals surface area contributed by atoms with Gasteiger partial charge in [-0.2, -0.15) is 0 Å². The number of pyridine rings is 1. The summed E-state index contributed by atoms with van der Waals surface area (Å²) in [5.41, 5.74) is 3.56. The van der Waals surface area contributed by atoms with Crippen molar-refractivity contribution in [3.8, 4) is 0 Å². The van der Waals surface area contributed by atoms with E-state index in [0.717, 1.165) is 22.3 Å². The molecule has 1 N–H and O–H groups in total. The summed E-state index contributed by atoms with van der Waals surface area (Å²) in [6.07, 6.45) is 0. The van der Waals surface area contributed by atoms with Gasteiger partial charge in [0.15, 0.2) is 0 Å². The van der Waals surface area contributed by atoms with Gasteiger partial charge in [0.1, 0.15) is 5.02 Å². The Hall–Kier alpha value is -1.28. The van der Waals surface area contributed by atoms with E-state index in [2.05, 4.69) is 4.98 Å². The van der Waals surface area contributed by atoms with E-state index < -0.39 is 0 Å². The molecule has 0 aliphatic rings. The Labute approximate surface area is 92.9 Å². The molecule has 0 saturated carbocycles. The van der Waals surface area contributed by atoms with Crippen molar-refractivity contribution in [1.82, 2.24) is 4.98 Å². The van der Waals surface area contributed by atoms with Crippen LogP contribution < -0.4 is 5.43 Å². The van der Waals surface area contributed by atoms with E-state index in [9.17, 15) is 4.79 Å². The van der Waals surface area contributed by atoms with Crippen LogP contribution in [0, 0.1) is 20.8 Å². The maximum Gasteiger partial charge on any atom is 0.208 e. The average Bonchev–Trinajstić information content (AvgIpc) is 2.20. The largest absolute Gasteiger partial charge is 0.357 e. The third-order valence-electron chi connectivity index (χ3n) is 2.69. The van der Waals surface area contributed by atoms with Gasteiger partial charge in [-0.05, 0) is 31.9 Å². The summed E-state index contributed by atoms with van der Waals surface area (Å²) in [7, 11) is 0. The smallest absolute Gasteiger partial charge is 0.208 e. The first kappa shape index (κ1) is 10.2. The molecule has 0 aliphatic heterocycles. The topological polar surface area (TPSA) is 32.9 Å². The molecule has 3 heteroatoms. The molecule has 0 amide bonds. The van der Waals surface area contributed by atoms with Gasteiger partial charge >= 0.3 is 0 Å². The SMILES string of the molecule is Cc1[nH]c2c(C)ccc(C)c2c(=O)c1Cl. The molecule has 2 nitrogen and oxygen atoms in total. The van der Waals surface area contributed by atoms with E-state index in [-0.39, 0.29) is 10.5 Å². The fourth-order valence-corrected chi connectivity index (χ4v) is 1.93. The lowest BCUT2D eigenvalue weighted by Crippen LogP contribution is -2.08.